The first kappa shape index (κ1) is 12.0. The maximum atomic E-state index is 6.05. The SMILES string of the molecule is CCCn1c(-c2nc(N)n[nH]2)nc2ccc(Cl)cc21. The second-order valence-corrected chi connectivity index (χ2v) is 4.70. The fourth-order valence-electron chi connectivity index (χ4n) is 2.10. The van der Waals surface area contributed by atoms with Crippen LogP contribution in [-0.4, -0.2) is 24.7 Å². The van der Waals surface area contributed by atoms with Crippen LogP contribution < -0.4 is 5.73 Å². The van der Waals surface area contributed by atoms with Crippen LogP contribution >= 0.6 is 11.6 Å². The van der Waals surface area contributed by atoms with Crippen molar-refractivity contribution in [3.63, 3.8) is 0 Å². The molecule has 0 saturated carbocycles. The van der Waals surface area contributed by atoms with E-state index in [1.54, 1.807) is 0 Å². The van der Waals surface area contributed by atoms with Crippen molar-refractivity contribution < 1.29 is 0 Å². The van der Waals surface area contributed by atoms with Gasteiger partial charge in [0.25, 0.3) is 0 Å². The van der Waals surface area contributed by atoms with E-state index in [0.29, 0.717) is 10.8 Å². The molecule has 0 aliphatic heterocycles. The van der Waals surface area contributed by atoms with Gasteiger partial charge in [0.05, 0.1) is 11.0 Å². The number of halogens is 1. The van der Waals surface area contributed by atoms with Gasteiger partial charge in [-0.1, -0.05) is 18.5 Å². The smallest absolute Gasteiger partial charge is 0.239 e. The van der Waals surface area contributed by atoms with Gasteiger partial charge in [-0.3, -0.25) is 5.10 Å². The topological polar surface area (TPSA) is 85.4 Å². The molecule has 0 unspecified atom stereocenters. The van der Waals surface area contributed by atoms with Crippen LogP contribution in [-0.2, 0) is 6.54 Å². The summed E-state index contributed by atoms with van der Waals surface area (Å²) in [5, 5.41) is 7.33. The van der Waals surface area contributed by atoms with Crippen LogP contribution in [0, 0.1) is 0 Å². The van der Waals surface area contributed by atoms with Crippen LogP contribution in [0.5, 0.6) is 0 Å². The molecule has 0 amide bonds. The van der Waals surface area contributed by atoms with Crippen LogP contribution in [0.2, 0.25) is 5.02 Å². The Balaban J connectivity index is 2.25. The number of nitrogens with zero attached hydrogens (tertiary/aromatic N) is 4. The molecule has 0 spiro atoms. The fraction of sp³-hybridized carbons (Fsp3) is 0.250. The van der Waals surface area contributed by atoms with Crippen LogP contribution in [0.4, 0.5) is 5.95 Å². The molecule has 0 fully saturated rings. The summed E-state index contributed by atoms with van der Waals surface area (Å²) in [6.07, 6.45) is 0.981. The molecule has 98 valence electrons. The maximum Gasteiger partial charge on any atom is 0.239 e. The summed E-state index contributed by atoms with van der Waals surface area (Å²) < 4.78 is 2.07. The van der Waals surface area contributed by atoms with Crippen LogP contribution in [0.1, 0.15) is 13.3 Å². The zero-order valence-corrected chi connectivity index (χ0v) is 11.1. The summed E-state index contributed by atoms with van der Waals surface area (Å²) in [4.78, 5) is 8.71. The molecule has 1 aromatic carbocycles. The number of fused-ring (bicyclic) bond motifs is 1. The molecule has 2 heterocycles. The Bertz CT molecular complexity index is 729. The third-order valence-corrected chi connectivity index (χ3v) is 3.11. The van der Waals surface area contributed by atoms with Gasteiger partial charge in [0.2, 0.25) is 5.95 Å². The zero-order chi connectivity index (χ0) is 13.4. The summed E-state index contributed by atoms with van der Waals surface area (Å²) >= 11 is 6.05. The molecule has 19 heavy (non-hydrogen) atoms. The average molecular weight is 277 g/mol. The van der Waals surface area contributed by atoms with E-state index < -0.39 is 0 Å². The summed E-state index contributed by atoms with van der Waals surface area (Å²) in [7, 11) is 0. The summed E-state index contributed by atoms with van der Waals surface area (Å²) in [5.74, 6) is 1.50. The van der Waals surface area contributed by atoms with E-state index in [-0.39, 0.29) is 5.95 Å². The van der Waals surface area contributed by atoms with E-state index in [1.165, 1.54) is 0 Å². The highest BCUT2D eigenvalue weighted by atomic mass is 35.5. The number of aromatic amines is 1. The molecule has 6 nitrogen and oxygen atoms in total. The van der Waals surface area contributed by atoms with E-state index in [2.05, 4.69) is 31.7 Å². The third-order valence-electron chi connectivity index (χ3n) is 2.87. The van der Waals surface area contributed by atoms with Crippen molar-refractivity contribution in [1.82, 2.24) is 24.7 Å². The number of imidazole rings is 1. The number of hydrogen-bond donors (Lipinski definition) is 2. The van der Waals surface area contributed by atoms with Crippen LogP contribution in [0.15, 0.2) is 18.2 Å². The first-order valence-electron chi connectivity index (χ1n) is 6.03. The molecular weight excluding hydrogens is 264 g/mol. The summed E-state index contributed by atoms with van der Waals surface area (Å²) in [6, 6.07) is 5.63. The molecule has 2 aromatic heterocycles. The van der Waals surface area contributed by atoms with Gasteiger partial charge in [0, 0.05) is 11.6 Å². The number of anilines is 1. The molecule has 3 rings (SSSR count). The van der Waals surface area contributed by atoms with Crippen LogP contribution in [0.3, 0.4) is 0 Å². The normalized spacial score (nSPS) is 11.3. The zero-order valence-electron chi connectivity index (χ0n) is 10.4. The fourth-order valence-corrected chi connectivity index (χ4v) is 2.27. The Kier molecular flexibility index (Phi) is 2.87. The van der Waals surface area contributed by atoms with Crippen molar-refractivity contribution in [2.24, 2.45) is 0 Å². The van der Waals surface area contributed by atoms with Gasteiger partial charge in [0.1, 0.15) is 0 Å². The van der Waals surface area contributed by atoms with Crippen molar-refractivity contribution in [1.29, 1.82) is 0 Å². The number of nitrogens with two attached hydrogens (primary N) is 1. The number of H-pyrrole nitrogens is 1. The van der Waals surface area contributed by atoms with Crippen molar-refractivity contribution in [3.05, 3.63) is 23.2 Å². The highest BCUT2D eigenvalue weighted by Gasteiger charge is 2.15. The van der Waals surface area contributed by atoms with Gasteiger partial charge in [-0.05, 0) is 24.6 Å². The molecule has 0 radical (unpaired) electrons. The van der Waals surface area contributed by atoms with Crippen molar-refractivity contribution in [2.75, 3.05) is 5.73 Å². The van der Waals surface area contributed by atoms with Crippen molar-refractivity contribution in [2.45, 2.75) is 19.9 Å². The monoisotopic (exact) mass is 276 g/mol. The lowest BCUT2D eigenvalue weighted by Gasteiger charge is -2.05. The lowest BCUT2D eigenvalue weighted by Crippen LogP contribution is -2.00. The second kappa shape index (κ2) is 4.55. The van der Waals surface area contributed by atoms with Gasteiger partial charge in [-0.2, -0.15) is 4.98 Å². The number of aryl methyl sites for hydroxylation is 1. The van der Waals surface area contributed by atoms with Gasteiger partial charge >= 0.3 is 0 Å². The molecule has 3 aromatic rings. The number of benzene rings is 1. The van der Waals surface area contributed by atoms with Gasteiger partial charge in [-0.25, -0.2) is 4.98 Å². The molecule has 0 atom stereocenters. The molecule has 0 bridgehead atoms. The Hall–Kier alpha value is -2.08. The molecule has 0 saturated heterocycles. The minimum Gasteiger partial charge on any atom is -0.366 e. The lowest BCUT2D eigenvalue weighted by atomic mass is 10.3. The maximum absolute atomic E-state index is 6.05. The quantitative estimate of drug-likeness (QED) is 0.769. The van der Waals surface area contributed by atoms with E-state index in [0.717, 1.165) is 29.8 Å². The number of aromatic nitrogens is 5. The first-order chi connectivity index (χ1) is 9.19. The Morgan fingerprint density at radius 2 is 2.21 bits per heavy atom. The number of nitrogen functional groups attached to an aromatic ring is 1. The average Bonchev–Trinajstić information content (AvgIpc) is 2.95. The minimum atomic E-state index is 0.211. The van der Waals surface area contributed by atoms with Gasteiger partial charge < -0.3 is 10.3 Å². The number of nitrogens with one attached hydrogen (secondary N) is 1. The molecular formula is C12H13ClN6. The predicted octanol–water partition coefficient (Wildman–Crippen LogP) is 2.47. The Morgan fingerprint density at radius 1 is 1.37 bits per heavy atom. The van der Waals surface area contributed by atoms with E-state index >= 15 is 0 Å². The summed E-state index contributed by atoms with van der Waals surface area (Å²) in [6.45, 7) is 2.93. The Morgan fingerprint density at radius 3 is 2.89 bits per heavy atom. The number of hydrogen-bond acceptors (Lipinski definition) is 4. The standard InChI is InChI=1S/C12H13ClN6/c1-2-5-19-9-6-7(13)3-4-8(9)15-11(19)10-16-12(14)18-17-10/h3-4,6H,2,5H2,1H3,(H3,14,16,17,18). The van der Waals surface area contributed by atoms with Gasteiger partial charge in [-0.15, -0.1) is 5.10 Å². The minimum absolute atomic E-state index is 0.211. The highest BCUT2D eigenvalue weighted by molar-refractivity contribution is 6.31. The van der Waals surface area contributed by atoms with Crippen molar-refractivity contribution in [3.8, 4) is 11.6 Å². The second-order valence-electron chi connectivity index (χ2n) is 4.26. The third kappa shape index (κ3) is 2.04. The van der Waals surface area contributed by atoms with E-state index in [4.69, 9.17) is 17.3 Å². The van der Waals surface area contributed by atoms with Crippen molar-refractivity contribution >= 4 is 28.6 Å². The predicted molar refractivity (Wildman–Crippen MR) is 74.8 cm³/mol. The largest absolute Gasteiger partial charge is 0.366 e. The summed E-state index contributed by atoms with van der Waals surface area (Å²) in [5.41, 5.74) is 7.41. The molecule has 7 heteroatoms. The first-order valence-corrected chi connectivity index (χ1v) is 6.41. The van der Waals surface area contributed by atoms with E-state index in [1.807, 2.05) is 18.2 Å². The molecule has 0 aliphatic rings. The number of rotatable bonds is 3. The molecule has 0 aliphatic carbocycles. The highest BCUT2D eigenvalue weighted by Crippen LogP contribution is 2.25. The Labute approximate surface area is 114 Å². The van der Waals surface area contributed by atoms with Crippen LogP contribution in [0.25, 0.3) is 22.7 Å². The molecule has 3 N–H and O–H groups in total. The lowest BCUT2D eigenvalue weighted by molar-refractivity contribution is 0.701. The van der Waals surface area contributed by atoms with E-state index in [9.17, 15) is 0 Å². The van der Waals surface area contributed by atoms with Gasteiger partial charge in [0.15, 0.2) is 11.6 Å².